The van der Waals surface area contributed by atoms with Gasteiger partial charge in [0, 0.05) is 24.2 Å². The summed E-state index contributed by atoms with van der Waals surface area (Å²) in [6, 6.07) is 16.0. The second kappa shape index (κ2) is 9.00. The molecule has 1 aromatic heterocycles. The highest BCUT2D eigenvalue weighted by atomic mass is 35.5. The Morgan fingerprint density at radius 3 is 2.93 bits per heavy atom. The number of hydrogen-bond donors (Lipinski definition) is 2. The number of halogens is 1. The van der Waals surface area contributed by atoms with Gasteiger partial charge >= 0.3 is 0 Å². The quantitative estimate of drug-likeness (QED) is 0.534. The molecule has 4 rings (SSSR count). The van der Waals surface area contributed by atoms with Crippen molar-refractivity contribution in [1.29, 1.82) is 0 Å². The molecule has 2 aromatic carbocycles. The van der Waals surface area contributed by atoms with E-state index in [0.29, 0.717) is 26.8 Å². The summed E-state index contributed by atoms with van der Waals surface area (Å²) in [5.41, 5.74) is 3.59. The van der Waals surface area contributed by atoms with Crippen molar-refractivity contribution in [2.45, 2.75) is 26.4 Å². The third-order valence-electron chi connectivity index (χ3n) is 4.52. The maximum atomic E-state index is 12.4. The molecule has 3 aromatic rings. The third-order valence-corrected chi connectivity index (χ3v) is 5.75. The number of carbonyl (C=O) groups excluding carboxylic acids is 1. The lowest BCUT2D eigenvalue weighted by atomic mass is 10.1. The van der Waals surface area contributed by atoms with E-state index in [1.807, 2.05) is 54.6 Å². The van der Waals surface area contributed by atoms with Gasteiger partial charge in [0.2, 0.25) is 0 Å². The molecule has 2 N–H and O–H groups in total. The lowest BCUT2D eigenvalue weighted by Crippen LogP contribution is -2.21. The van der Waals surface area contributed by atoms with Crippen LogP contribution in [0.3, 0.4) is 0 Å². The van der Waals surface area contributed by atoms with E-state index >= 15 is 0 Å². The molecule has 1 aliphatic heterocycles. The Kier molecular flexibility index (Phi) is 6.18. The molecule has 0 aliphatic carbocycles. The minimum Gasteiger partial charge on any atom is -0.310 e. The van der Waals surface area contributed by atoms with E-state index in [-0.39, 0.29) is 5.91 Å². The molecule has 5 nitrogen and oxygen atoms in total. The molecule has 1 aliphatic rings. The topological polar surface area (TPSA) is 66.4 Å². The van der Waals surface area contributed by atoms with Crippen molar-refractivity contribution in [3.63, 3.8) is 0 Å². The molecule has 0 saturated carbocycles. The number of nitrogens with one attached hydrogen (secondary N) is 2. The molecule has 152 valence electrons. The minimum atomic E-state index is -0.168. The van der Waals surface area contributed by atoms with Gasteiger partial charge in [-0.25, -0.2) is 4.99 Å². The standard InChI is InChI=1S/C23H21ClN4OS/c1-14(2)26-13-16-5-7-18(24)20(11-16)27-23-28-22(29)21(30-23)12-15-6-8-19-17(10-15)4-3-9-25-19/h3-12,14,26H,13H2,1-2H3,(H,27,28,29). The fraction of sp³-hybridized carbons (Fsp3) is 0.174. The third kappa shape index (κ3) is 4.90. The van der Waals surface area contributed by atoms with E-state index in [1.165, 1.54) is 11.8 Å². The van der Waals surface area contributed by atoms with Gasteiger partial charge < -0.3 is 10.6 Å². The number of benzene rings is 2. The van der Waals surface area contributed by atoms with Gasteiger partial charge in [0.15, 0.2) is 5.17 Å². The summed E-state index contributed by atoms with van der Waals surface area (Å²) in [5, 5.41) is 8.30. The molecule has 2 heterocycles. The molecule has 0 bridgehead atoms. The van der Waals surface area contributed by atoms with Gasteiger partial charge in [-0.2, -0.15) is 0 Å². The number of aliphatic imine (C=N–C) groups is 1. The molecule has 1 fully saturated rings. The first-order valence-electron chi connectivity index (χ1n) is 9.64. The highest BCUT2D eigenvalue weighted by Gasteiger charge is 2.24. The predicted octanol–water partition coefficient (Wildman–Crippen LogP) is 5.28. The van der Waals surface area contributed by atoms with Gasteiger partial charge in [0.05, 0.1) is 21.1 Å². The molecular weight excluding hydrogens is 416 g/mol. The number of nitrogens with zero attached hydrogens (tertiary/aromatic N) is 2. The predicted molar refractivity (Wildman–Crippen MR) is 126 cm³/mol. The van der Waals surface area contributed by atoms with Crippen LogP contribution in [0.15, 0.2) is 64.6 Å². The van der Waals surface area contributed by atoms with Crippen LogP contribution >= 0.6 is 23.4 Å². The van der Waals surface area contributed by atoms with Crippen LogP contribution in [0.2, 0.25) is 5.02 Å². The smallest absolute Gasteiger partial charge is 0.264 e. The molecule has 1 amide bonds. The number of amidine groups is 1. The molecule has 1 saturated heterocycles. The zero-order chi connectivity index (χ0) is 21.1. The molecule has 0 unspecified atom stereocenters. The summed E-state index contributed by atoms with van der Waals surface area (Å²) < 4.78 is 0. The minimum absolute atomic E-state index is 0.168. The van der Waals surface area contributed by atoms with Gasteiger partial charge in [-0.1, -0.05) is 43.6 Å². The number of hydrogen-bond acceptors (Lipinski definition) is 5. The normalized spacial score (nSPS) is 16.7. The number of fused-ring (bicyclic) bond motifs is 1. The van der Waals surface area contributed by atoms with E-state index in [9.17, 15) is 4.79 Å². The molecule has 0 radical (unpaired) electrons. The lowest BCUT2D eigenvalue weighted by molar-refractivity contribution is -0.115. The van der Waals surface area contributed by atoms with Crippen LogP contribution < -0.4 is 10.6 Å². The Morgan fingerprint density at radius 1 is 1.23 bits per heavy atom. The number of carbonyl (C=O) groups is 1. The van der Waals surface area contributed by atoms with Crippen molar-refractivity contribution < 1.29 is 4.79 Å². The number of thioether (sulfide) groups is 1. The zero-order valence-corrected chi connectivity index (χ0v) is 18.2. The summed E-state index contributed by atoms with van der Waals surface area (Å²) in [6.45, 7) is 4.93. The van der Waals surface area contributed by atoms with Gasteiger partial charge in [-0.05, 0) is 59.3 Å². The Morgan fingerprint density at radius 2 is 2.10 bits per heavy atom. The Balaban J connectivity index is 1.56. The van der Waals surface area contributed by atoms with E-state index in [1.54, 1.807) is 6.20 Å². The summed E-state index contributed by atoms with van der Waals surface area (Å²) in [6.07, 6.45) is 3.63. The number of aromatic nitrogens is 1. The Bertz CT molecular complexity index is 1170. The highest BCUT2D eigenvalue weighted by molar-refractivity contribution is 8.18. The van der Waals surface area contributed by atoms with E-state index in [2.05, 4.69) is 34.5 Å². The van der Waals surface area contributed by atoms with E-state index in [0.717, 1.165) is 28.6 Å². The molecule has 7 heteroatoms. The van der Waals surface area contributed by atoms with Crippen molar-refractivity contribution in [3.8, 4) is 0 Å². The van der Waals surface area contributed by atoms with Gasteiger partial charge in [-0.15, -0.1) is 0 Å². The summed E-state index contributed by atoms with van der Waals surface area (Å²) in [7, 11) is 0. The Labute approximate surface area is 184 Å². The second-order valence-electron chi connectivity index (χ2n) is 7.26. The van der Waals surface area contributed by atoms with Gasteiger partial charge in [0.25, 0.3) is 5.91 Å². The molecule has 0 spiro atoms. The first-order chi connectivity index (χ1) is 14.5. The fourth-order valence-corrected chi connectivity index (χ4v) is 4.00. The first-order valence-corrected chi connectivity index (χ1v) is 10.8. The van der Waals surface area contributed by atoms with Crippen molar-refractivity contribution >= 4 is 57.1 Å². The maximum absolute atomic E-state index is 12.4. The van der Waals surface area contributed by atoms with Crippen molar-refractivity contribution in [2.75, 3.05) is 0 Å². The lowest BCUT2D eigenvalue weighted by Gasteiger charge is -2.09. The molecule has 0 atom stereocenters. The van der Waals surface area contributed by atoms with Crippen LogP contribution in [-0.4, -0.2) is 22.1 Å². The summed E-state index contributed by atoms with van der Waals surface area (Å²) in [5.74, 6) is -0.168. The van der Waals surface area contributed by atoms with E-state index in [4.69, 9.17) is 11.6 Å². The molecule has 30 heavy (non-hydrogen) atoms. The average Bonchev–Trinajstić information content (AvgIpc) is 3.07. The monoisotopic (exact) mass is 436 g/mol. The maximum Gasteiger partial charge on any atom is 0.264 e. The van der Waals surface area contributed by atoms with Crippen LogP contribution in [0, 0.1) is 0 Å². The fourth-order valence-electron chi connectivity index (χ4n) is 3.00. The highest BCUT2D eigenvalue weighted by Crippen LogP contribution is 2.32. The summed E-state index contributed by atoms with van der Waals surface area (Å²) in [4.78, 5) is 21.9. The van der Waals surface area contributed by atoms with Crippen LogP contribution in [0.5, 0.6) is 0 Å². The van der Waals surface area contributed by atoms with Crippen molar-refractivity contribution in [2.24, 2.45) is 4.99 Å². The average molecular weight is 437 g/mol. The summed E-state index contributed by atoms with van der Waals surface area (Å²) >= 11 is 7.63. The number of rotatable bonds is 5. The second-order valence-corrected chi connectivity index (χ2v) is 8.70. The van der Waals surface area contributed by atoms with Crippen molar-refractivity contribution in [1.82, 2.24) is 15.6 Å². The number of pyridine rings is 1. The van der Waals surface area contributed by atoms with E-state index < -0.39 is 0 Å². The first kappa shape index (κ1) is 20.6. The van der Waals surface area contributed by atoms with Crippen LogP contribution in [0.1, 0.15) is 25.0 Å². The van der Waals surface area contributed by atoms with Crippen LogP contribution in [0.4, 0.5) is 5.69 Å². The number of amides is 1. The molecular formula is C23H21ClN4OS. The SMILES string of the molecule is CC(C)NCc1ccc(Cl)c(N=C2NC(=O)C(=Cc3ccc4ncccc4c3)S2)c1. The van der Waals surface area contributed by atoms with Crippen LogP contribution in [-0.2, 0) is 11.3 Å². The van der Waals surface area contributed by atoms with Crippen LogP contribution in [0.25, 0.3) is 17.0 Å². The largest absolute Gasteiger partial charge is 0.310 e. The van der Waals surface area contributed by atoms with Crippen molar-refractivity contribution in [3.05, 3.63) is 75.8 Å². The zero-order valence-electron chi connectivity index (χ0n) is 16.6. The van der Waals surface area contributed by atoms with Gasteiger partial charge in [0.1, 0.15) is 0 Å². The van der Waals surface area contributed by atoms with Gasteiger partial charge in [-0.3, -0.25) is 9.78 Å². The Hall–Kier alpha value is -2.67.